The summed E-state index contributed by atoms with van der Waals surface area (Å²) in [5, 5.41) is 8.68. The van der Waals surface area contributed by atoms with E-state index in [1.165, 1.54) is 11.8 Å². The Morgan fingerprint density at radius 2 is 2.04 bits per heavy atom. The van der Waals surface area contributed by atoms with Crippen LogP contribution in [0.1, 0.15) is 36.1 Å². The van der Waals surface area contributed by atoms with Crippen LogP contribution in [0.5, 0.6) is 0 Å². The number of hydrogen-bond donors (Lipinski definition) is 1. The first kappa shape index (κ1) is 16.4. The van der Waals surface area contributed by atoms with Gasteiger partial charge in [0.1, 0.15) is 11.8 Å². The molecule has 2 aromatic heterocycles. The third-order valence-corrected chi connectivity index (χ3v) is 5.68. The van der Waals surface area contributed by atoms with E-state index in [1.807, 2.05) is 53.4 Å². The molecule has 0 saturated carbocycles. The fourth-order valence-corrected chi connectivity index (χ4v) is 4.29. The van der Waals surface area contributed by atoms with Gasteiger partial charge < -0.3 is 9.73 Å². The first-order valence-corrected chi connectivity index (χ1v) is 10.1. The van der Waals surface area contributed by atoms with E-state index in [2.05, 4.69) is 15.4 Å². The minimum absolute atomic E-state index is 0.0460. The van der Waals surface area contributed by atoms with Crippen LogP contribution in [0.4, 0.5) is 5.95 Å². The number of allylic oxidation sites excluding steroid dienone is 2. The fraction of sp³-hybridized carbons (Fsp3) is 0.250. The Balaban J connectivity index is 1.63. The van der Waals surface area contributed by atoms with Gasteiger partial charge in [0, 0.05) is 23.6 Å². The Morgan fingerprint density at radius 1 is 1.19 bits per heavy atom. The SMILES string of the molecule is CSc1nc2n(n1)[C@H](c1ccccc1)C1=C(C[C@@H](c3ccco3)CC1=O)N2. The molecule has 0 spiro atoms. The van der Waals surface area contributed by atoms with Crippen LogP contribution < -0.4 is 5.32 Å². The first-order chi connectivity index (χ1) is 13.2. The molecule has 0 bridgehead atoms. The third kappa shape index (κ3) is 2.70. The number of fused-ring (bicyclic) bond motifs is 1. The lowest BCUT2D eigenvalue weighted by atomic mass is 9.79. The maximum absolute atomic E-state index is 13.2. The van der Waals surface area contributed by atoms with Gasteiger partial charge in [-0.3, -0.25) is 4.79 Å². The third-order valence-electron chi connectivity index (χ3n) is 5.14. The number of benzene rings is 1. The number of hydrogen-bond acceptors (Lipinski definition) is 6. The molecule has 1 aromatic carbocycles. The van der Waals surface area contributed by atoms with E-state index in [-0.39, 0.29) is 17.7 Å². The van der Waals surface area contributed by atoms with Gasteiger partial charge >= 0.3 is 0 Å². The van der Waals surface area contributed by atoms with Gasteiger partial charge in [0.05, 0.1) is 6.26 Å². The molecule has 3 heterocycles. The Hall–Kier alpha value is -2.80. The van der Waals surface area contributed by atoms with Crippen molar-refractivity contribution in [2.24, 2.45) is 0 Å². The average molecular weight is 378 g/mol. The number of carbonyl (C=O) groups excluding carboxylic acids is 1. The highest BCUT2D eigenvalue weighted by Gasteiger charge is 2.40. The quantitative estimate of drug-likeness (QED) is 0.694. The summed E-state index contributed by atoms with van der Waals surface area (Å²) in [6.07, 6.45) is 4.77. The number of Topliss-reactive ketones (excluding diaryl/α,β-unsaturated/α-hetero) is 1. The number of anilines is 1. The number of carbonyl (C=O) groups is 1. The second-order valence-corrected chi connectivity index (χ2v) is 7.51. The van der Waals surface area contributed by atoms with Crippen LogP contribution in [0, 0.1) is 0 Å². The normalized spacial score (nSPS) is 21.6. The van der Waals surface area contributed by atoms with Gasteiger partial charge in [-0.1, -0.05) is 42.1 Å². The minimum Gasteiger partial charge on any atom is -0.469 e. The van der Waals surface area contributed by atoms with E-state index in [0.29, 0.717) is 17.5 Å². The molecule has 136 valence electrons. The van der Waals surface area contributed by atoms with Gasteiger partial charge in [0.15, 0.2) is 5.78 Å². The zero-order chi connectivity index (χ0) is 18.4. The van der Waals surface area contributed by atoms with Crippen molar-refractivity contribution in [3.8, 4) is 0 Å². The fourth-order valence-electron chi connectivity index (χ4n) is 3.95. The monoisotopic (exact) mass is 378 g/mol. The number of nitrogens with one attached hydrogen (secondary N) is 1. The topological polar surface area (TPSA) is 73.0 Å². The Kier molecular flexibility index (Phi) is 3.89. The van der Waals surface area contributed by atoms with Crippen LogP contribution in [0.2, 0.25) is 0 Å². The van der Waals surface area contributed by atoms with Crippen molar-refractivity contribution in [3.05, 3.63) is 71.3 Å². The molecule has 27 heavy (non-hydrogen) atoms. The summed E-state index contributed by atoms with van der Waals surface area (Å²) < 4.78 is 7.40. The maximum atomic E-state index is 13.2. The van der Waals surface area contributed by atoms with Crippen LogP contribution in [-0.2, 0) is 4.79 Å². The molecule has 7 heteroatoms. The molecular formula is C20H18N4O2S. The number of nitrogens with zero attached hydrogens (tertiary/aromatic N) is 3. The smallest absolute Gasteiger partial charge is 0.227 e. The van der Waals surface area contributed by atoms with E-state index in [1.54, 1.807) is 6.26 Å². The Labute approximate surface area is 160 Å². The first-order valence-electron chi connectivity index (χ1n) is 8.86. The Bertz CT molecular complexity index is 1020. The molecular weight excluding hydrogens is 360 g/mol. The zero-order valence-electron chi connectivity index (χ0n) is 14.8. The van der Waals surface area contributed by atoms with Crippen LogP contribution in [-0.4, -0.2) is 26.8 Å². The van der Waals surface area contributed by atoms with Crippen molar-refractivity contribution in [2.45, 2.75) is 30.0 Å². The molecule has 1 aliphatic carbocycles. The Morgan fingerprint density at radius 3 is 2.78 bits per heavy atom. The van der Waals surface area contributed by atoms with Crippen molar-refractivity contribution >= 4 is 23.5 Å². The maximum Gasteiger partial charge on any atom is 0.227 e. The molecule has 3 aromatic rings. The zero-order valence-corrected chi connectivity index (χ0v) is 15.6. The van der Waals surface area contributed by atoms with Gasteiger partial charge in [-0.05, 0) is 30.4 Å². The predicted molar refractivity (Wildman–Crippen MR) is 103 cm³/mol. The highest BCUT2D eigenvalue weighted by molar-refractivity contribution is 7.98. The summed E-state index contributed by atoms with van der Waals surface area (Å²) in [5.41, 5.74) is 2.75. The minimum atomic E-state index is -0.254. The van der Waals surface area contributed by atoms with E-state index < -0.39 is 0 Å². The van der Waals surface area contributed by atoms with E-state index in [4.69, 9.17) is 4.42 Å². The average Bonchev–Trinajstić information content (AvgIpc) is 3.36. The highest BCUT2D eigenvalue weighted by Crippen LogP contribution is 2.44. The molecule has 0 radical (unpaired) electrons. The number of rotatable bonds is 3. The summed E-state index contributed by atoms with van der Waals surface area (Å²) in [4.78, 5) is 17.8. The summed E-state index contributed by atoms with van der Waals surface area (Å²) in [7, 11) is 0. The number of thioether (sulfide) groups is 1. The van der Waals surface area contributed by atoms with Gasteiger partial charge in [-0.2, -0.15) is 4.98 Å². The van der Waals surface area contributed by atoms with Crippen molar-refractivity contribution in [1.82, 2.24) is 14.8 Å². The van der Waals surface area contributed by atoms with Crippen molar-refractivity contribution < 1.29 is 9.21 Å². The highest BCUT2D eigenvalue weighted by atomic mass is 32.2. The molecule has 6 nitrogen and oxygen atoms in total. The summed E-state index contributed by atoms with van der Waals surface area (Å²) >= 11 is 1.49. The molecule has 2 atom stereocenters. The standard InChI is InChI=1S/C20H18N4O2S/c1-27-20-22-19-21-14-10-13(16-8-5-9-26-16)11-15(25)17(14)18(24(19)23-20)12-6-3-2-4-7-12/h2-9,13,18H,10-11H2,1H3,(H,21,22,23)/t13-,18-/m1/s1. The second-order valence-electron chi connectivity index (χ2n) is 6.74. The van der Waals surface area contributed by atoms with Crippen molar-refractivity contribution in [3.63, 3.8) is 0 Å². The van der Waals surface area contributed by atoms with Crippen LogP contribution in [0.25, 0.3) is 0 Å². The molecule has 0 amide bonds. The molecule has 2 aliphatic rings. The van der Waals surface area contributed by atoms with Crippen LogP contribution >= 0.6 is 11.8 Å². The summed E-state index contributed by atoms with van der Waals surface area (Å²) in [6.45, 7) is 0. The largest absolute Gasteiger partial charge is 0.469 e. The van der Waals surface area contributed by atoms with Gasteiger partial charge in [0.25, 0.3) is 0 Å². The summed E-state index contributed by atoms with van der Waals surface area (Å²) in [6, 6.07) is 13.6. The number of furan rings is 1. The number of ketones is 1. The van der Waals surface area contributed by atoms with Crippen LogP contribution in [0.15, 0.2) is 69.6 Å². The lowest BCUT2D eigenvalue weighted by Crippen LogP contribution is -2.33. The van der Waals surface area contributed by atoms with Crippen LogP contribution in [0.3, 0.4) is 0 Å². The molecule has 0 unspecified atom stereocenters. The van der Waals surface area contributed by atoms with E-state index >= 15 is 0 Å². The lowest BCUT2D eigenvalue weighted by Gasteiger charge is -2.34. The van der Waals surface area contributed by atoms with Crippen molar-refractivity contribution in [2.75, 3.05) is 11.6 Å². The van der Waals surface area contributed by atoms with Gasteiger partial charge in [-0.15, -0.1) is 5.10 Å². The molecule has 0 fully saturated rings. The van der Waals surface area contributed by atoms with Gasteiger partial charge in [-0.25, -0.2) is 4.68 Å². The molecule has 5 rings (SSSR count). The van der Waals surface area contributed by atoms with E-state index in [0.717, 1.165) is 29.0 Å². The van der Waals surface area contributed by atoms with Crippen molar-refractivity contribution in [1.29, 1.82) is 0 Å². The second kappa shape index (κ2) is 6.42. The molecule has 1 N–H and O–H groups in total. The van der Waals surface area contributed by atoms with E-state index in [9.17, 15) is 4.79 Å². The molecule has 0 saturated heterocycles. The number of aromatic nitrogens is 3. The van der Waals surface area contributed by atoms with Gasteiger partial charge in [0.2, 0.25) is 11.1 Å². The molecule has 1 aliphatic heterocycles. The lowest BCUT2D eigenvalue weighted by molar-refractivity contribution is -0.117. The predicted octanol–water partition coefficient (Wildman–Crippen LogP) is 4.01. The summed E-state index contributed by atoms with van der Waals surface area (Å²) in [5.74, 6) is 1.71.